The lowest BCUT2D eigenvalue weighted by atomic mass is 10.1. The largest absolute Gasteiger partial charge is 0.489 e. The van der Waals surface area contributed by atoms with Gasteiger partial charge in [-0.05, 0) is 55.0 Å². The van der Waals surface area contributed by atoms with Crippen LogP contribution >= 0.6 is 23.2 Å². The number of benzene rings is 3. The fraction of sp³-hybridized carbons (Fsp3) is 0.0909. The summed E-state index contributed by atoms with van der Waals surface area (Å²) >= 11 is 11.9. The molecule has 0 aliphatic heterocycles. The fourth-order valence-corrected chi connectivity index (χ4v) is 3.27. The molecule has 2 N–H and O–H groups in total. The van der Waals surface area contributed by atoms with Crippen molar-refractivity contribution >= 4 is 40.7 Å². The van der Waals surface area contributed by atoms with Gasteiger partial charge in [-0.15, -0.1) is 0 Å². The Morgan fingerprint density at radius 3 is 2.59 bits per heavy atom. The minimum atomic E-state index is -0.717. The van der Waals surface area contributed by atoms with Crippen molar-refractivity contribution in [3.63, 3.8) is 0 Å². The average Bonchev–Trinajstić information content (AvgIpc) is 2.75. The quantitative estimate of drug-likeness (QED) is 0.164. The first-order chi connectivity index (χ1) is 15.2. The van der Waals surface area contributed by atoms with Crippen molar-refractivity contribution < 1.29 is 19.3 Å². The summed E-state index contributed by atoms with van der Waals surface area (Å²) in [4.78, 5) is 27.7. The minimum Gasteiger partial charge on any atom is -0.489 e. The second-order valence-corrected chi connectivity index (χ2v) is 7.52. The zero-order chi connectivity index (χ0) is 23.3. The molecule has 8 nitrogen and oxygen atoms in total. The fourth-order valence-electron chi connectivity index (χ4n) is 2.77. The summed E-state index contributed by atoms with van der Waals surface area (Å²) in [5.74, 6) is -0.322. The number of nitro groups is 1. The standard InChI is InChI=1S/C22H17Cl2N3O5/c1-13-9-17(6-8-20(13)27(29)30)31-12-14-3-2-4-15(10-14)22(28)32-26-21(25)18-7-5-16(23)11-19(18)24/h2-11H,12H2,1H3,(H2,25,26). The van der Waals surface area contributed by atoms with E-state index in [1.165, 1.54) is 18.2 Å². The number of halogens is 2. The SMILES string of the molecule is Cc1cc(OCc2cccc(C(=O)O/N=C(\N)c3ccc(Cl)cc3Cl)c2)ccc1[N+](=O)[O-]. The lowest BCUT2D eigenvalue weighted by Crippen LogP contribution is -2.16. The summed E-state index contributed by atoms with van der Waals surface area (Å²) in [7, 11) is 0. The molecule has 0 amide bonds. The molecule has 0 atom stereocenters. The smallest absolute Gasteiger partial charge is 0.365 e. The van der Waals surface area contributed by atoms with Gasteiger partial charge in [-0.3, -0.25) is 10.1 Å². The van der Waals surface area contributed by atoms with E-state index in [4.69, 9.17) is 38.5 Å². The number of ether oxygens (including phenoxy) is 1. The van der Waals surface area contributed by atoms with Crippen molar-refractivity contribution in [2.24, 2.45) is 10.9 Å². The van der Waals surface area contributed by atoms with E-state index in [0.717, 1.165) is 0 Å². The highest BCUT2D eigenvalue weighted by atomic mass is 35.5. The van der Waals surface area contributed by atoms with E-state index < -0.39 is 10.9 Å². The first kappa shape index (κ1) is 23.1. The van der Waals surface area contributed by atoms with E-state index in [9.17, 15) is 14.9 Å². The Morgan fingerprint density at radius 1 is 1.12 bits per heavy atom. The summed E-state index contributed by atoms with van der Waals surface area (Å²) in [6, 6.07) is 15.7. The molecular weight excluding hydrogens is 457 g/mol. The highest BCUT2D eigenvalue weighted by Gasteiger charge is 2.13. The maximum atomic E-state index is 12.3. The van der Waals surface area contributed by atoms with Gasteiger partial charge in [0.05, 0.1) is 15.5 Å². The number of nitrogens with zero attached hydrogens (tertiary/aromatic N) is 2. The van der Waals surface area contributed by atoms with E-state index in [1.54, 1.807) is 49.4 Å². The van der Waals surface area contributed by atoms with Crippen molar-refractivity contribution in [2.75, 3.05) is 0 Å². The van der Waals surface area contributed by atoms with Gasteiger partial charge in [-0.1, -0.05) is 40.5 Å². The second kappa shape index (κ2) is 10.1. The number of nitrogens with two attached hydrogens (primary N) is 1. The van der Waals surface area contributed by atoms with Gasteiger partial charge < -0.3 is 15.3 Å². The van der Waals surface area contributed by atoms with Gasteiger partial charge in [0.15, 0.2) is 5.84 Å². The normalized spacial score (nSPS) is 11.2. The summed E-state index contributed by atoms with van der Waals surface area (Å²) in [5.41, 5.74) is 7.65. The van der Waals surface area contributed by atoms with Crippen LogP contribution in [0, 0.1) is 17.0 Å². The van der Waals surface area contributed by atoms with Crippen LogP contribution in [0.5, 0.6) is 5.75 Å². The first-order valence-corrected chi connectivity index (χ1v) is 9.97. The monoisotopic (exact) mass is 473 g/mol. The van der Waals surface area contributed by atoms with Crippen molar-refractivity contribution in [1.82, 2.24) is 0 Å². The van der Waals surface area contributed by atoms with Gasteiger partial charge in [-0.2, -0.15) is 0 Å². The van der Waals surface area contributed by atoms with Crippen molar-refractivity contribution in [3.8, 4) is 5.75 Å². The highest BCUT2D eigenvalue weighted by molar-refractivity contribution is 6.36. The third kappa shape index (κ3) is 5.75. The molecule has 0 radical (unpaired) electrons. The molecule has 3 rings (SSSR count). The molecule has 0 fully saturated rings. The molecule has 0 unspecified atom stereocenters. The number of rotatable bonds is 7. The molecule has 10 heteroatoms. The summed E-state index contributed by atoms with van der Waals surface area (Å²) < 4.78 is 5.67. The first-order valence-electron chi connectivity index (χ1n) is 9.21. The van der Waals surface area contributed by atoms with Crippen LogP contribution in [-0.2, 0) is 11.4 Å². The molecule has 0 saturated carbocycles. The molecule has 0 spiro atoms. The van der Waals surface area contributed by atoms with Crippen LogP contribution in [0.1, 0.15) is 27.0 Å². The number of nitro benzene ring substituents is 1. The van der Waals surface area contributed by atoms with E-state index in [1.807, 2.05) is 0 Å². The van der Waals surface area contributed by atoms with Crippen LogP contribution in [0.3, 0.4) is 0 Å². The maximum absolute atomic E-state index is 12.3. The maximum Gasteiger partial charge on any atom is 0.365 e. The van der Waals surface area contributed by atoms with Gasteiger partial charge in [0.25, 0.3) is 5.69 Å². The van der Waals surface area contributed by atoms with Gasteiger partial charge in [0.1, 0.15) is 12.4 Å². The number of hydrogen-bond acceptors (Lipinski definition) is 6. The Bertz CT molecular complexity index is 1210. The van der Waals surface area contributed by atoms with Crippen molar-refractivity contribution in [3.05, 3.63) is 103 Å². The molecule has 3 aromatic carbocycles. The zero-order valence-electron chi connectivity index (χ0n) is 16.7. The number of carbonyl (C=O) groups excluding carboxylic acids is 1. The molecule has 0 saturated heterocycles. The lowest BCUT2D eigenvalue weighted by molar-refractivity contribution is -0.385. The Hall–Kier alpha value is -3.62. The lowest BCUT2D eigenvalue weighted by Gasteiger charge is -2.08. The Morgan fingerprint density at radius 2 is 1.91 bits per heavy atom. The molecule has 32 heavy (non-hydrogen) atoms. The molecule has 0 aliphatic rings. The molecule has 164 valence electrons. The van der Waals surface area contributed by atoms with E-state index in [0.29, 0.717) is 27.5 Å². The number of amidine groups is 1. The van der Waals surface area contributed by atoms with Gasteiger partial charge in [0.2, 0.25) is 0 Å². The Kier molecular flexibility index (Phi) is 7.29. The molecule has 3 aromatic rings. The minimum absolute atomic E-state index is 0.0156. The Balaban J connectivity index is 1.65. The van der Waals surface area contributed by atoms with Crippen molar-refractivity contribution in [2.45, 2.75) is 13.5 Å². The molecular formula is C22H17Cl2N3O5. The van der Waals surface area contributed by atoms with Gasteiger partial charge in [-0.25, -0.2) is 4.79 Å². The van der Waals surface area contributed by atoms with Crippen LogP contribution in [0.15, 0.2) is 65.8 Å². The third-order valence-corrected chi connectivity index (χ3v) is 4.91. The summed E-state index contributed by atoms with van der Waals surface area (Å²) in [6.45, 7) is 1.77. The van der Waals surface area contributed by atoms with Crippen LogP contribution in [0.25, 0.3) is 0 Å². The number of oxime groups is 1. The molecule has 0 aliphatic carbocycles. The van der Waals surface area contributed by atoms with Crippen LogP contribution in [0.4, 0.5) is 5.69 Å². The van der Waals surface area contributed by atoms with Gasteiger partial charge in [0, 0.05) is 22.2 Å². The summed E-state index contributed by atoms with van der Waals surface area (Å²) in [6.07, 6.45) is 0. The molecule has 0 heterocycles. The number of carbonyl (C=O) groups is 1. The predicted molar refractivity (Wildman–Crippen MR) is 121 cm³/mol. The van der Waals surface area contributed by atoms with Crippen molar-refractivity contribution in [1.29, 1.82) is 0 Å². The van der Waals surface area contributed by atoms with Gasteiger partial charge >= 0.3 is 5.97 Å². The van der Waals surface area contributed by atoms with Crippen LogP contribution in [0.2, 0.25) is 10.0 Å². The van der Waals surface area contributed by atoms with E-state index >= 15 is 0 Å². The second-order valence-electron chi connectivity index (χ2n) is 6.67. The highest BCUT2D eigenvalue weighted by Crippen LogP contribution is 2.24. The summed E-state index contributed by atoms with van der Waals surface area (Å²) in [5, 5.41) is 15.3. The van der Waals surface area contributed by atoms with E-state index in [-0.39, 0.29) is 28.7 Å². The topological polar surface area (TPSA) is 117 Å². The Labute approximate surface area is 193 Å². The van der Waals surface area contributed by atoms with E-state index in [2.05, 4.69) is 5.16 Å². The number of hydrogen-bond donors (Lipinski definition) is 1. The predicted octanol–water partition coefficient (Wildman–Crippen LogP) is 5.27. The average molecular weight is 474 g/mol. The van der Waals surface area contributed by atoms with Crippen LogP contribution < -0.4 is 10.5 Å². The zero-order valence-corrected chi connectivity index (χ0v) is 18.3. The number of aryl methyl sites for hydroxylation is 1. The third-order valence-electron chi connectivity index (χ3n) is 4.37. The molecule has 0 bridgehead atoms. The van der Waals surface area contributed by atoms with Crippen LogP contribution in [-0.4, -0.2) is 16.7 Å². The molecule has 0 aromatic heterocycles.